The third-order valence-electron chi connectivity index (χ3n) is 1.48. The average Bonchev–Trinajstić information content (AvgIpc) is 2.32. The van der Waals surface area contributed by atoms with Crippen LogP contribution in [0.1, 0.15) is 0 Å². The Bertz CT molecular complexity index is 237. The summed E-state index contributed by atoms with van der Waals surface area (Å²) in [4.78, 5) is 10.5. The Kier molecular flexibility index (Phi) is 37.4. The highest BCUT2D eigenvalue weighted by Gasteiger charge is 2.38. The zero-order valence-corrected chi connectivity index (χ0v) is 9.47. The summed E-state index contributed by atoms with van der Waals surface area (Å²) in [5.74, 6) is -2.78. The number of carbonyl (C=O) groups excluding carboxylic acids is 1. The maximum atomic E-state index is 10.5. The Labute approximate surface area is 106 Å². The quantitative estimate of drug-likeness (QED) is 0.358. The van der Waals surface area contributed by atoms with Gasteiger partial charge >= 0.3 is 5.97 Å². The number of hydrogen-bond donors (Lipinski definition) is 4. The number of carbonyl (C=O) groups is 1. The first-order chi connectivity index (χ1) is 5.57. The Balaban J connectivity index is -0.0000000411. The second-order valence-electron chi connectivity index (χ2n) is 2.31. The summed E-state index contributed by atoms with van der Waals surface area (Å²) in [6, 6.07) is 0. The molecule has 18 N–H and O–H groups in total. The van der Waals surface area contributed by atoms with Gasteiger partial charge in [0.05, 0.1) is 6.61 Å². The van der Waals surface area contributed by atoms with E-state index < -0.39 is 36.3 Å². The third kappa shape index (κ3) is 8.21. The Morgan fingerprint density at radius 3 is 1.58 bits per heavy atom. The van der Waals surface area contributed by atoms with E-state index in [0.717, 1.165) is 0 Å². The van der Waals surface area contributed by atoms with Gasteiger partial charge in [0, 0.05) is 0 Å². The standard InChI is InChI=1S/C6H8O6.7H2O/c7-1-2(8)5-3(9)4(10)6(11)12-5;;;;;;;/h2,5,7-10H,1H2;7*1H2/t2-,5+;;;;;;;/m0......./s1. The van der Waals surface area contributed by atoms with Gasteiger partial charge < -0.3 is 63.5 Å². The van der Waals surface area contributed by atoms with E-state index in [1.807, 2.05) is 0 Å². The van der Waals surface area contributed by atoms with Gasteiger partial charge in [-0.2, -0.15) is 0 Å². The lowest BCUT2D eigenvalue weighted by atomic mass is 10.2. The van der Waals surface area contributed by atoms with Crippen LogP contribution < -0.4 is 0 Å². The molecule has 2 atom stereocenters. The van der Waals surface area contributed by atoms with Gasteiger partial charge in [-0.05, 0) is 0 Å². The first kappa shape index (κ1) is 43.2. The van der Waals surface area contributed by atoms with Crippen LogP contribution in [0.4, 0.5) is 0 Å². The molecule has 0 spiro atoms. The topological polar surface area (TPSA) is 328 Å². The Hall–Kier alpha value is -1.55. The molecular formula is C6H22O13. The Morgan fingerprint density at radius 2 is 1.37 bits per heavy atom. The fourth-order valence-corrected chi connectivity index (χ4v) is 0.823. The summed E-state index contributed by atoms with van der Waals surface area (Å²) in [6.45, 7) is -0.671. The largest absolute Gasteiger partial charge is 0.505 e. The monoisotopic (exact) mass is 302 g/mol. The zero-order valence-electron chi connectivity index (χ0n) is 9.47. The van der Waals surface area contributed by atoms with E-state index in [1.165, 1.54) is 0 Å². The molecule has 0 aromatic rings. The number of hydrogen-bond acceptors (Lipinski definition) is 6. The first-order valence-corrected chi connectivity index (χ1v) is 3.20. The number of esters is 1. The molecule has 0 bridgehead atoms. The predicted molar refractivity (Wildman–Crippen MR) is 60.6 cm³/mol. The van der Waals surface area contributed by atoms with E-state index in [2.05, 4.69) is 4.74 Å². The molecule has 1 rings (SSSR count). The second kappa shape index (κ2) is 16.4. The minimum atomic E-state index is -1.42. The lowest BCUT2D eigenvalue weighted by molar-refractivity contribution is -0.147. The van der Waals surface area contributed by atoms with Gasteiger partial charge in [-0.3, -0.25) is 0 Å². The summed E-state index contributed by atoms with van der Waals surface area (Å²) in [7, 11) is 0. The molecule has 19 heavy (non-hydrogen) atoms. The SMILES string of the molecule is O.O.O.O.O.O.O.O=C1O[C@H]([C@@H](O)CO)C(O)=C1O. The van der Waals surface area contributed by atoms with Gasteiger partial charge in [-0.1, -0.05) is 0 Å². The summed E-state index contributed by atoms with van der Waals surface area (Å²) < 4.78 is 4.32. The molecule has 0 radical (unpaired) electrons. The summed E-state index contributed by atoms with van der Waals surface area (Å²) in [5.41, 5.74) is 0. The molecule has 0 aromatic heterocycles. The third-order valence-corrected chi connectivity index (χ3v) is 1.48. The van der Waals surface area contributed by atoms with E-state index in [9.17, 15) is 4.79 Å². The minimum absolute atomic E-state index is 0. The van der Waals surface area contributed by atoms with Crippen LogP contribution in [-0.2, 0) is 9.53 Å². The minimum Gasteiger partial charge on any atom is -0.505 e. The predicted octanol–water partition coefficient (Wildman–Crippen LogP) is -7.18. The number of ether oxygens (including phenoxy) is 1. The van der Waals surface area contributed by atoms with Gasteiger partial charge in [0.1, 0.15) is 6.10 Å². The van der Waals surface area contributed by atoms with Gasteiger partial charge in [0.15, 0.2) is 11.9 Å². The van der Waals surface area contributed by atoms with Crippen LogP contribution in [0.5, 0.6) is 0 Å². The van der Waals surface area contributed by atoms with Crippen LogP contribution in [-0.4, -0.2) is 83.5 Å². The molecule has 13 nitrogen and oxygen atoms in total. The van der Waals surface area contributed by atoms with Crippen molar-refractivity contribution < 1.29 is 68.3 Å². The summed E-state index contributed by atoms with van der Waals surface area (Å²) >= 11 is 0. The van der Waals surface area contributed by atoms with E-state index in [1.54, 1.807) is 0 Å². The highest BCUT2D eigenvalue weighted by atomic mass is 16.6. The Morgan fingerprint density at radius 1 is 1.00 bits per heavy atom. The molecule has 1 heterocycles. The van der Waals surface area contributed by atoms with Crippen molar-refractivity contribution in [2.24, 2.45) is 0 Å². The van der Waals surface area contributed by atoms with Crippen molar-refractivity contribution in [1.82, 2.24) is 0 Å². The lowest BCUT2D eigenvalue weighted by Gasteiger charge is -2.13. The number of aliphatic hydroxyl groups is 4. The number of cyclic esters (lactones) is 1. The highest BCUT2D eigenvalue weighted by Crippen LogP contribution is 2.20. The van der Waals surface area contributed by atoms with Crippen molar-refractivity contribution in [2.45, 2.75) is 12.2 Å². The van der Waals surface area contributed by atoms with E-state index in [-0.39, 0.29) is 38.3 Å². The van der Waals surface area contributed by atoms with Crippen molar-refractivity contribution in [3.63, 3.8) is 0 Å². The molecule has 13 heteroatoms. The molecule has 0 aromatic carbocycles. The van der Waals surface area contributed by atoms with Crippen LogP contribution in [0.15, 0.2) is 11.5 Å². The maximum Gasteiger partial charge on any atom is 0.377 e. The molecular weight excluding hydrogens is 280 g/mol. The van der Waals surface area contributed by atoms with Crippen molar-refractivity contribution >= 4 is 5.97 Å². The summed E-state index contributed by atoms with van der Waals surface area (Å²) in [6.07, 6.45) is -2.78. The number of rotatable bonds is 2. The summed E-state index contributed by atoms with van der Waals surface area (Å²) in [5, 5.41) is 35.0. The van der Waals surface area contributed by atoms with Crippen LogP contribution in [0.3, 0.4) is 0 Å². The molecule has 0 amide bonds. The van der Waals surface area contributed by atoms with Gasteiger partial charge in [0.2, 0.25) is 5.76 Å². The van der Waals surface area contributed by atoms with Gasteiger partial charge in [0.25, 0.3) is 0 Å². The van der Waals surface area contributed by atoms with Crippen molar-refractivity contribution in [3.05, 3.63) is 11.5 Å². The maximum absolute atomic E-state index is 10.5. The fourth-order valence-electron chi connectivity index (χ4n) is 0.823. The van der Waals surface area contributed by atoms with E-state index >= 15 is 0 Å². The van der Waals surface area contributed by atoms with Crippen LogP contribution in [0.25, 0.3) is 0 Å². The van der Waals surface area contributed by atoms with Gasteiger partial charge in [-0.25, -0.2) is 4.79 Å². The van der Waals surface area contributed by atoms with Crippen molar-refractivity contribution in [3.8, 4) is 0 Å². The fraction of sp³-hybridized carbons (Fsp3) is 0.500. The van der Waals surface area contributed by atoms with E-state index in [4.69, 9.17) is 20.4 Å². The molecule has 0 saturated carbocycles. The molecule has 124 valence electrons. The van der Waals surface area contributed by atoms with Crippen LogP contribution in [0, 0.1) is 0 Å². The smallest absolute Gasteiger partial charge is 0.377 e. The normalized spacial score (nSPS) is 16.3. The first-order valence-electron chi connectivity index (χ1n) is 3.20. The number of aliphatic hydroxyl groups excluding tert-OH is 4. The van der Waals surface area contributed by atoms with Crippen LogP contribution in [0.2, 0.25) is 0 Å². The molecule has 0 fully saturated rings. The van der Waals surface area contributed by atoms with Crippen LogP contribution >= 0.6 is 0 Å². The molecule has 0 aliphatic carbocycles. The lowest BCUT2D eigenvalue weighted by Crippen LogP contribution is -2.31. The highest BCUT2D eigenvalue weighted by molar-refractivity contribution is 5.89. The molecule has 1 aliphatic heterocycles. The zero-order chi connectivity index (χ0) is 9.30. The molecule has 0 unspecified atom stereocenters. The van der Waals surface area contributed by atoms with Crippen molar-refractivity contribution in [1.29, 1.82) is 0 Å². The average molecular weight is 302 g/mol. The molecule has 0 saturated heterocycles. The van der Waals surface area contributed by atoms with Crippen molar-refractivity contribution in [2.75, 3.05) is 6.61 Å². The second-order valence-corrected chi connectivity index (χ2v) is 2.31. The van der Waals surface area contributed by atoms with Gasteiger partial charge in [-0.15, -0.1) is 0 Å². The molecule has 1 aliphatic rings. The van der Waals surface area contributed by atoms with E-state index in [0.29, 0.717) is 0 Å².